The van der Waals surface area contributed by atoms with Crippen LogP contribution in [0.2, 0.25) is 0 Å². The second-order valence-electron chi connectivity index (χ2n) is 6.45. The summed E-state index contributed by atoms with van der Waals surface area (Å²) in [6.45, 7) is 5.50. The maximum absolute atomic E-state index is 10.6. The molecule has 1 saturated carbocycles. The third kappa shape index (κ3) is 4.81. The Morgan fingerprint density at radius 3 is 2.67 bits per heavy atom. The number of hydrogen-bond acceptors (Lipinski definition) is 3. The van der Waals surface area contributed by atoms with Gasteiger partial charge in [-0.1, -0.05) is 38.3 Å². The van der Waals surface area contributed by atoms with Gasteiger partial charge in [-0.25, -0.2) is 0 Å². The van der Waals surface area contributed by atoms with E-state index in [4.69, 9.17) is 0 Å². The van der Waals surface area contributed by atoms with Crippen LogP contribution in [0.1, 0.15) is 57.6 Å². The van der Waals surface area contributed by atoms with E-state index in [0.717, 1.165) is 23.9 Å². The number of hydrogen-bond donors (Lipinski definition) is 1. The van der Waals surface area contributed by atoms with Crippen molar-refractivity contribution < 1.29 is 4.92 Å². The predicted octanol–water partition coefficient (Wildman–Crippen LogP) is 4.46. The minimum atomic E-state index is -0.355. The summed E-state index contributed by atoms with van der Waals surface area (Å²) in [6.07, 6.45) is 6.75. The lowest BCUT2D eigenvalue weighted by Gasteiger charge is -2.27. The van der Waals surface area contributed by atoms with E-state index in [2.05, 4.69) is 19.2 Å². The molecule has 1 aromatic rings. The molecular formula is C17H26N2O2. The van der Waals surface area contributed by atoms with Crippen molar-refractivity contribution in [2.75, 3.05) is 6.54 Å². The Bertz CT molecular complexity index is 458. The molecular weight excluding hydrogens is 264 g/mol. The molecule has 4 heteroatoms. The minimum Gasteiger partial charge on any atom is -0.310 e. The number of non-ortho nitro benzene ring substituents is 1. The van der Waals surface area contributed by atoms with Crippen molar-refractivity contribution in [3.63, 3.8) is 0 Å². The minimum absolute atomic E-state index is 0.155. The molecule has 116 valence electrons. The SMILES string of the molecule is CC1CCCC(CCNC(C)c2ccc([N+](=O)[O-])cc2)C1. The third-order valence-electron chi connectivity index (χ3n) is 4.65. The summed E-state index contributed by atoms with van der Waals surface area (Å²) in [5.74, 6) is 1.75. The highest BCUT2D eigenvalue weighted by Crippen LogP contribution is 2.30. The van der Waals surface area contributed by atoms with Crippen LogP contribution in [-0.2, 0) is 0 Å². The smallest absolute Gasteiger partial charge is 0.269 e. The molecule has 1 fully saturated rings. The van der Waals surface area contributed by atoms with Crippen LogP contribution in [0.25, 0.3) is 0 Å². The highest BCUT2D eigenvalue weighted by molar-refractivity contribution is 5.33. The van der Waals surface area contributed by atoms with E-state index in [9.17, 15) is 10.1 Å². The van der Waals surface area contributed by atoms with Crippen LogP contribution >= 0.6 is 0 Å². The Morgan fingerprint density at radius 1 is 1.33 bits per heavy atom. The topological polar surface area (TPSA) is 55.2 Å². The maximum Gasteiger partial charge on any atom is 0.269 e. The Morgan fingerprint density at radius 2 is 2.05 bits per heavy atom. The maximum atomic E-state index is 10.6. The average molecular weight is 290 g/mol. The summed E-state index contributed by atoms with van der Waals surface area (Å²) in [5.41, 5.74) is 1.26. The second-order valence-corrected chi connectivity index (χ2v) is 6.45. The number of nitrogens with zero attached hydrogens (tertiary/aromatic N) is 1. The first-order valence-electron chi connectivity index (χ1n) is 8.04. The zero-order valence-corrected chi connectivity index (χ0v) is 13.0. The van der Waals surface area contributed by atoms with E-state index in [0.29, 0.717) is 0 Å². The highest BCUT2D eigenvalue weighted by Gasteiger charge is 2.18. The first-order chi connectivity index (χ1) is 10.1. The molecule has 0 amide bonds. The van der Waals surface area contributed by atoms with E-state index in [1.807, 2.05) is 12.1 Å². The van der Waals surface area contributed by atoms with Gasteiger partial charge in [-0.3, -0.25) is 10.1 Å². The normalized spacial score (nSPS) is 23.7. The molecule has 0 aliphatic heterocycles. The third-order valence-corrected chi connectivity index (χ3v) is 4.65. The van der Waals surface area contributed by atoms with Crippen LogP contribution in [0, 0.1) is 22.0 Å². The zero-order valence-electron chi connectivity index (χ0n) is 13.0. The fourth-order valence-electron chi connectivity index (χ4n) is 3.33. The quantitative estimate of drug-likeness (QED) is 0.621. The first-order valence-corrected chi connectivity index (χ1v) is 8.04. The van der Waals surface area contributed by atoms with Crippen molar-refractivity contribution in [3.8, 4) is 0 Å². The molecule has 0 heterocycles. The Labute approximate surface area is 127 Å². The number of benzene rings is 1. The molecule has 1 aliphatic rings. The molecule has 0 aromatic heterocycles. The number of rotatable bonds is 6. The lowest BCUT2D eigenvalue weighted by atomic mass is 9.81. The molecule has 4 nitrogen and oxygen atoms in total. The fraction of sp³-hybridized carbons (Fsp3) is 0.647. The predicted molar refractivity (Wildman–Crippen MR) is 85.3 cm³/mol. The monoisotopic (exact) mass is 290 g/mol. The highest BCUT2D eigenvalue weighted by atomic mass is 16.6. The van der Waals surface area contributed by atoms with E-state index in [1.54, 1.807) is 12.1 Å². The summed E-state index contributed by atoms with van der Waals surface area (Å²) in [7, 11) is 0. The molecule has 0 spiro atoms. The van der Waals surface area contributed by atoms with Gasteiger partial charge in [0.1, 0.15) is 0 Å². The zero-order chi connectivity index (χ0) is 15.2. The van der Waals surface area contributed by atoms with Crippen molar-refractivity contribution >= 4 is 5.69 Å². The molecule has 0 radical (unpaired) electrons. The molecule has 0 saturated heterocycles. The Balaban J connectivity index is 1.76. The van der Waals surface area contributed by atoms with Gasteiger partial charge >= 0.3 is 0 Å². The van der Waals surface area contributed by atoms with Gasteiger partial charge < -0.3 is 5.32 Å². The number of nitrogens with one attached hydrogen (secondary N) is 1. The Hall–Kier alpha value is -1.42. The van der Waals surface area contributed by atoms with Crippen LogP contribution in [0.5, 0.6) is 0 Å². The van der Waals surface area contributed by atoms with Crippen molar-refractivity contribution in [1.82, 2.24) is 5.32 Å². The standard InChI is InChI=1S/C17H26N2O2/c1-13-4-3-5-15(12-13)10-11-18-14(2)16-6-8-17(9-7-16)19(20)21/h6-9,13-15,18H,3-5,10-12H2,1-2H3. The fourth-order valence-corrected chi connectivity index (χ4v) is 3.33. The first kappa shape index (κ1) is 16.0. The second kappa shape index (κ2) is 7.55. The van der Waals surface area contributed by atoms with Crippen molar-refractivity contribution in [1.29, 1.82) is 0 Å². The largest absolute Gasteiger partial charge is 0.310 e. The summed E-state index contributed by atoms with van der Waals surface area (Å²) < 4.78 is 0. The van der Waals surface area contributed by atoms with Gasteiger partial charge in [-0.2, -0.15) is 0 Å². The molecule has 1 aliphatic carbocycles. The lowest BCUT2D eigenvalue weighted by molar-refractivity contribution is -0.384. The van der Waals surface area contributed by atoms with Crippen molar-refractivity contribution in [2.24, 2.45) is 11.8 Å². The van der Waals surface area contributed by atoms with Crippen LogP contribution in [-0.4, -0.2) is 11.5 Å². The molecule has 2 rings (SSSR count). The van der Waals surface area contributed by atoms with Gasteiger partial charge in [-0.05, 0) is 43.7 Å². The molecule has 1 N–H and O–H groups in total. The van der Waals surface area contributed by atoms with Gasteiger partial charge in [-0.15, -0.1) is 0 Å². The van der Waals surface area contributed by atoms with Crippen LogP contribution in [0.3, 0.4) is 0 Å². The van der Waals surface area contributed by atoms with Gasteiger partial charge in [0.2, 0.25) is 0 Å². The van der Waals surface area contributed by atoms with Crippen molar-refractivity contribution in [2.45, 2.75) is 52.0 Å². The molecule has 0 bridgehead atoms. The van der Waals surface area contributed by atoms with E-state index >= 15 is 0 Å². The van der Waals surface area contributed by atoms with E-state index < -0.39 is 0 Å². The average Bonchev–Trinajstić information content (AvgIpc) is 2.47. The molecule has 21 heavy (non-hydrogen) atoms. The number of nitro groups is 1. The summed E-state index contributed by atoms with van der Waals surface area (Å²) in [6, 6.07) is 7.09. The Kier molecular flexibility index (Phi) is 5.74. The van der Waals surface area contributed by atoms with E-state index in [1.165, 1.54) is 32.1 Å². The van der Waals surface area contributed by atoms with Gasteiger partial charge in [0, 0.05) is 18.2 Å². The summed E-state index contributed by atoms with van der Waals surface area (Å²) in [4.78, 5) is 10.3. The molecule has 1 aromatic carbocycles. The van der Waals surface area contributed by atoms with Crippen molar-refractivity contribution in [3.05, 3.63) is 39.9 Å². The number of nitro benzene ring substituents is 1. The molecule has 3 atom stereocenters. The van der Waals surface area contributed by atoms with Gasteiger partial charge in [0.25, 0.3) is 5.69 Å². The molecule has 3 unspecified atom stereocenters. The van der Waals surface area contributed by atoms with Gasteiger partial charge in [0.15, 0.2) is 0 Å². The lowest BCUT2D eigenvalue weighted by Crippen LogP contribution is -2.23. The van der Waals surface area contributed by atoms with Crippen LogP contribution < -0.4 is 5.32 Å². The van der Waals surface area contributed by atoms with Gasteiger partial charge in [0.05, 0.1) is 4.92 Å². The van der Waals surface area contributed by atoms with Crippen LogP contribution in [0.4, 0.5) is 5.69 Å². The summed E-state index contributed by atoms with van der Waals surface area (Å²) in [5, 5.41) is 14.2. The summed E-state index contributed by atoms with van der Waals surface area (Å²) >= 11 is 0. The van der Waals surface area contributed by atoms with Crippen LogP contribution in [0.15, 0.2) is 24.3 Å². The van der Waals surface area contributed by atoms with E-state index in [-0.39, 0.29) is 16.7 Å².